The van der Waals surface area contributed by atoms with Crippen molar-refractivity contribution >= 4 is 17.7 Å². The van der Waals surface area contributed by atoms with Crippen LogP contribution in [-0.2, 0) is 11.3 Å². The lowest BCUT2D eigenvalue weighted by molar-refractivity contribution is -0.119. The maximum Gasteiger partial charge on any atom is 0.230 e. The van der Waals surface area contributed by atoms with E-state index >= 15 is 0 Å². The van der Waals surface area contributed by atoms with E-state index in [1.807, 2.05) is 10.6 Å². The van der Waals surface area contributed by atoms with E-state index in [1.165, 1.54) is 36.6 Å². The van der Waals surface area contributed by atoms with E-state index in [0.29, 0.717) is 24.3 Å². The second kappa shape index (κ2) is 9.92. The van der Waals surface area contributed by atoms with Crippen LogP contribution >= 0.6 is 11.8 Å². The number of aromatic nitrogens is 3. The van der Waals surface area contributed by atoms with Crippen LogP contribution in [0, 0.1) is 0 Å². The fourth-order valence-corrected chi connectivity index (χ4v) is 4.33. The molecule has 0 saturated heterocycles. The van der Waals surface area contributed by atoms with Crippen LogP contribution in [-0.4, -0.2) is 32.5 Å². The van der Waals surface area contributed by atoms with Gasteiger partial charge in [0.2, 0.25) is 5.91 Å². The minimum atomic E-state index is 0.0767. The quantitative estimate of drug-likeness (QED) is 0.513. The highest BCUT2D eigenvalue weighted by molar-refractivity contribution is 7.99. The third-order valence-corrected chi connectivity index (χ3v) is 6.13. The van der Waals surface area contributed by atoms with Gasteiger partial charge >= 0.3 is 0 Å². The molecule has 1 heterocycles. The lowest BCUT2D eigenvalue weighted by atomic mass is 9.95. The first-order valence-electron chi connectivity index (χ1n) is 10.1. The molecule has 1 N–H and O–H groups in total. The van der Waals surface area contributed by atoms with Crippen molar-refractivity contribution in [3.63, 3.8) is 0 Å². The van der Waals surface area contributed by atoms with Crippen molar-refractivity contribution in [2.24, 2.45) is 0 Å². The van der Waals surface area contributed by atoms with Crippen LogP contribution in [0.2, 0.25) is 0 Å². The average Bonchev–Trinajstić information content (AvgIpc) is 3.10. The summed E-state index contributed by atoms with van der Waals surface area (Å²) in [5.41, 5.74) is 2.32. The largest absolute Gasteiger partial charge is 0.353 e. The van der Waals surface area contributed by atoms with Crippen LogP contribution in [0.15, 0.2) is 42.1 Å². The van der Waals surface area contributed by atoms with E-state index in [2.05, 4.69) is 60.2 Å². The maximum atomic E-state index is 12.3. The Hall–Kier alpha value is -2.08. The molecule has 1 fully saturated rings. The van der Waals surface area contributed by atoms with Gasteiger partial charge in [-0.3, -0.25) is 9.36 Å². The second-order valence-electron chi connectivity index (χ2n) is 7.67. The number of rotatable bonds is 8. The van der Waals surface area contributed by atoms with Crippen LogP contribution in [0.5, 0.6) is 0 Å². The zero-order chi connectivity index (χ0) is 19.9. The summed E-state index contributed by atoms with van der Waals surface area (Å²) in [6, 6.07) is 8.78. The first kappa shape index (κ1) is 20.6. The molecule has 150 valence electrons. The molecule has 1 aromatic carbocycles. The number of hydrogen-bond donors (Lipinski definition) is 1. The van der Waals surface area contributed by atoms with Crippen molar-refractivity contribution in [3.8, 4) is 11.4 Å². The molecule has 28 heavy (non-hydrogen) atoms. The number of amides is 1. The summed E-state index contributed by atoms with van der Waals surface area (Å²) in [6.45, 7) is 8.83. The molecule has 0 unspecified atom stereocenters. The summed E-state index contributed by atoms with van der Waals surface area (Å²) < 4.78 is 2.02. The molecule has 1 aliphatic rings. The standard InChI is InChI=1S/C22H30N4OS/c1-4-14-26-21(18-12-10-17(11-13-18)16(2)3)24-25-22(26)28-15-20(27)23-19-8-6-5-7-9-19/h4,10-13,16,19H,1,5-9,14-15H2,2-3H3,(H,23,27). The van der Waals surface area contributed by atoms with Gasteiger partial charge < -0.3 is 5.32 Å². The molecule has 5 nitrogen and oxygen atoms in total. The predicted octanol–water partition coefficient (Wildman–Crippen LogP) is 4.80. The normalized spacial score (nSPS) is 15.0. The number of nitrogens with zero attached hydrogens (tertiary/aromatic N) is 3. The third kappa shape index (κ3) is 5.25. The Morgan fingerprint density at radius 3 is 2.61 bits per heavy atom. The van der Waals surface area contributed by atoms with Crippen molar-refractivity contribution in [3.05, 3.63) is 42.5 Å². The number of allylic oxidation sites excluding steroid dienone is 1. The molecule has 1 aliphatic carbocycles. The van der Waals surface area contributed by atoms with Crippen LogP contribution in [0.1, 0.15) is 57.4 Å². The van der Waals surface area contributed by atoms with Crippen molar-refractivity contribution in [2.45, 2.75) is 69.6 Å². The fraction of sp³-hybridized carbons (Fsp3) is 0.500. The highest BCUT2D eigenvalue weighted by atomic mass is 32.2. The molecular formula is C22H30N4OS. The van der Waals surface area contributed by atoms with Gasteiger partial charge in [0.1, 0.15) is 0 Å². The number of benzene rings is 1. The molecule has 1 amide bonds. The van der Waals surface area contributed by atoms with E-state index in [4.69, 9.17) is 0 Å². The molecule has 3 rings (SSSR count). The maximum absolute atomic E-state index is 12.3. The summed E-state index contributed by atoms with van der Waals surface area (Å²) in [5.74, 6) is 1.74. The topological polar surface area (TPSA) is 59.8 Å². The zero-order valence-electron chi connectivity index (χ0n) is 16.9. The predicted molar refractivity (Wildman–Crippen MR) is 115 cm³/mol. The van der Waals surface area contributed by atoms with Crippen molar-refractivity contribution in [2.75, 3.05) is 5.75 Å². The summed E-state index contributed by atoms with van der Waals surface area (Å²) >= 11 is 1.44. The van der Waals surface area contributed by atoms with E-state index in [0.717, 1.165) is 29.4 Å². The Balaban J connectivity index is 1.67. The summed E-state index contributed by atoms with van der Waals surface area (Å²) in [6.07, 6.45) is 7.74. The van der Waals surface area contributed by atoms with Crippen molar-refractivity contribution in [1.29, 1.82) is 0 Å². The number of thioether (sulfide) groups is 1. The molecule has 1 saturated carbocycles. The minimum absolute atomic E-state index is 0.0767. The monoisotopic (exact) mass is 398 g/mol. The highest BCUT2D eigenvalue weighted by Gasteiger charge is 2.18. The van der Waals surface area contributed by atoms with E-state index in [1.54, 1.807) is 0 Å². The summed E-state index contributed by atoms with van der Waals surface area (Å²) in [5, 5.41) is 12.6. The third-order valence-electron chi connectivity index (χ3n) is 5.17. The van der Waals surface area contributed by atoms with Gasteiger partial charge in [0.25, 0.3) is 0 Å². The number of hydrogen-bond acceptors (Lipinski definition) is 4. The van der Waals surface area contributed by atoms with Gasteiger partial charge in [0, 0.05) is 18.2 Å². The molecule has 1 aromatic heterocycles. The van der Waals surface area contributed by atoms with Crippen molar-refractivity contribution in [1.82, 2.24) is 20.1 Å². The van der Waals surface area contributed by atoms with Crippen LogP contribution in [0.3, 0.4) is 0 Å². The minimum Gasteiger partial charge on any atom is -0.353 e. The Kier molecular flexibility index (Phi) is 7.31. The van der Waals surface area contributed by atoms with E-state index < -0.39 is 0 Å². The Morgan fingerprint density at radius 1 is 1.25 bits per heavy atom. The molecule has 0 bridgehead atoms. The van der Waals surface area contributed by atoms with Gasteiger partial charge in [-0.15, -0.1) is 16.8 Å². The first-order valence-corrected chi connectivity index (χ1v) is 11.1. The molecule has 2 aromatic rings. The lowest BCUT2D eigenvalue weighted by Gasteiger charge is -2.22. The lowest BCUT2D eigenvalue weighted by Crippen LogP contribution is -2.37. The molecule has 6 heteroatoms. The van der Waals surface area contributed by atoms with Crippen LogP contribution in [0.4, 0.5) is 0 Å². The zero-order valence-corrected chi connectivity index (χ0v) is 17.7. The smallest absolute Gasteiger partial charge is 0.230 e. The highest BCUT2D eigenvalue weighted by Crippen LogP contribution is 2.26. The number of carbonyl (C=O) groups is 1. The second-order valence-corrected chi connectivity index (χ2v) is 8.62. The van der Waals surface area contributed by atoms with Gasteiger partial charge in [0.15, 0.2) is 11.0 Å². The number of nitrogens with one attached hydrogen (secondary N) is 1. The van der Waals surface area contributed by atoms with Gasteiger partial charge in [0.05, 0.1) is 5.75 Å². The molecule has 0 radical (unpaired) electrons. The van der Waals surface area contributed by atoms with E-state index in [9.17, 15) is 4.79 Å². The van der Waals surface area contributed by atoms with Gasteiger partial charge in [-0.25, -0.2) is 0 Å². The van der Waals surface area contributed by atoms with Crippen LogP contribution in [0.25, 0.3) is 11.4 Å². The Bertz CT molecular complexity index is 791. The molecular weight excluding hydrogens is 368 g/mol. The Labute approximate surface area is 172 Å². The van der Waals surface area contributed by atoms with Crippen molar-refractivity contribution < 1.29 is 4.79 Å². The van der Waals surface area contributed by atoms with Crippen LogP contribution < -0.4 is 5.32 Å². The fourth-order valence-electron chi connectivity index (χ4n) is 3.57. The average molecular weight is 399 g/mol. The summed E-state index contributed by atoms with van der Waals surface area (Å²) in [4.78, 5) is 12.3. The van der Waals surface area contributed by atoms with Gasteiger partial charge in [-0.1, -0.05) is 75.2 Å². The van der Waals surface area contributed by atoms with Gasteiger partial charge in [-0.05, 0) is 24.3 Å². The number of carbonyl (C=O) groups excluding carboxylic acids is 1. The molecule has 0 atom stereocenters. The van der Waals surface area contributed by atoms with E-state index in [-0.39, 0.29) is 5.91 Å². The SMILES string of the molecule is C=CCn1c(SCC(=O)NC2CCCCC2)nnc1-c1ccc(C(C)C)cc1. The Morgan fingerprint density at radius 2 is 1.96 bits per heavy atom. The molecule has 0 spiro atoms. The first-order chi connectivity index (χ1) is 13.6. The summed E-state index contributed by atoms with van der Waals surface area (Å²) in [7, 11) is 0. The van der Waals surface area contributed by atoms with Gasteiger partial charge in [-0.2, -0.15) is 0 Å². The molecule has 0 aliphatic heterocycles.